The van der Waals surface area contributed by atoms with Crippen LogP contribution >= 0.6 is 11.8 Å². The van der Waals surface area contributed by atoms with Gasteiger partial charge in [-0.15, -0.1) is 0 Å². The van der Waals surface area contributed by atoms with E-state index in [2.05, 4.69) is 0 Å². The van der Waals surface area contributed by atoms with Crippen LogP contribution in [0.3, 0.4) is 0 Å². The molecule has 1 fully saturated rings. The summed E-state index contributed by atoms with van der Waals surface area (Å²) in [4.78, 5) is 12.4. The van der Waals surface area contributed by atoms with Crippen LogP contribution in [0.2, 0.25) is 0 Å². The monoisotopic (exact) mass is 174 g/mol. The third-order valence-electron chi connectivity index (χ3n) is 1.76. The van der Waals surface area contributed by atoms with Gasteiger partial charge in [-0.3, -0.25) is 9.69 Å². The first-order valence-corrected chi connectivity index (χ1v) is 4.84. The fourth-order valence-electron chi connectivity index (χ4n) is 1.14. The average Bonchev–Trinajstić information content (AvgIpc) is 2.06. The number of hydrogen-bond acceptors (Lipinski definition) is 4. The van der Waals surface area contributed by atoms with Crippen molar-refractivity contribution in [1.29, 1.82) is 0 Å². The molecule has 0 aromatic carbocycles. The Morgan fingerprint density at radius 1 is 1.73 bits per heavy atom. The first kappa shape index (κ1) is 9.03. The average molecular weight is 174 g/mol. The van der Waals surface area contributed by atoms with Crippen molar-refractivity contribution in [3.63, 3.8) is 0 Å². The van der Waals surface area contributed by atoms with Crippen molar-refractivity contribution in [2.75, 3.05) is 31.2 Å². The molecule has 1 aliphatic heterocycles. The van der Waals surface area contributed by atoms with E-state index in [1.807, 2.05) is 11.2 Å². The molecule has 1 saturated heterocycles. The molecule has 0 spiro atoms. The molecule has 0 bridgehead atoms. The smallest absolute Gasteiger partial charge is 0.217 e. The Hall–Kier alpha value is -0.0600. The van der Waals surface area contributed by atoms with E-state index in [-0.39, 0.29) is 12.6 Å². The number of rotatable bonds is 3. The van der Waals surface area contributed by atoms with Crippen LogP contribution in [-0.4, -0.2) is 53.5 Å². The third kappa shape index (κ3) is 2.47. The molecule has 1 atom stereocenters. The zero-order chi connectivity index (χ0) is 8.10. The second-order valence-corrected chi connectivity index (χ2v) is 3.62. The Morgan fingerprint density at radius 2 is 2.55 bits per heavy atom. The number of nitrogens with zero attached hydrogens (tertiary/aromatic N) is 1. The van der Waals surface area contributed by atoms with Crippen molar-refractivity contribution < 1.29 is 9.90 Å². The van der Waals surface area contributed by atoms with Gasteiger partial charge in [0, 0.05) is 24.6 Å². The second kappa shape index (κ2) is 4.74. The van der Waals surface area contributed by atoms with Gasteiger partial charge >= 0.3 is 0 Å². The molecule has 0 amide bonds. The normalized spacial score (nSPS) is 26.8. The molecule has 11 heavy (non-hydrogen) atoms. The van der Waals surface area contributed by atoms with Gasteiger partial charge in [-0.1, -0.05) is 0 Å². The Balaban J connectivity index is 2.37. The van der Waals surface area contributed by atoms with Crippen molar-refractivity contribution in [3.05, 3.63) is 0 Å². The van der Waals surface area contributed by atoms with Crippen molar-refractivity contribution in [1.82, 2.24) is 4.90 Å². The van der Waals surface area contributed by atoms with E-state index in [1.54, 1.807) is 11.8 Å². The maximum absolute atomic E-state index is 10.4. The van der Waals surface area contributed by atoms with Gasteiger partial charge in [0.2, 0.25) is 6.29 Å². The molecular weight excluding hydrogens is 162 g/mol. The van der Waals surface area contributed by atoms with Crippen molar-refractivity contribution in [3.8, 4) is 0 Å². The predicted molar refractivity (Wildman–Crippen MR) is 45.5 cm³/mol. The summed E-state index contributed by atoms with van der Waals surface area (Å²) >= 11 is 1.77. The van der Waals surface area contributed by atoms with E-state index < -0.39 is 0 Å². The highest BCUT2D eigenvalue weighted by molar-refractivity contribution is 7.99. The number of hydrogen-bond donors (Lipinski definition) is 1. The minimum absolute atomic E-state index is 0.0964. The van der Waals surface area contributed by atoms with E-state index in [0.29, 0.717) is 6.54 Å². The van der Waals surface area contributed by atoms with Crippen molar-refractivity contribution in [2.45, 2.75) is 6.04 Å². The lowest BCUT2D eigenvalue weighted by Gasteiger charge is -2.30. The second-order valence-electron chi connectivity index (χ2n) is 2.47. The van der Waals surface area contributed by atoms with Gasteiger partial charge in [-0.05, 0) is 0 Å². The maximum atomic E-state index is 10.4. The highest BCUT2D eigenvalue weighted by Gasteiger charge is 2.21. The summed E-state index contributed by atoms with van der Waals surface area (Å²) in [6.07, 6.45) is 1.98. The Morgan fingerprint density at radius 3 is 3.18 bits per heavy atom. The van der Waals surface area contributed by atoms with Gasteiger partial charge in [0.15, 0.2) is 0 Å². The van der Waals surface area contributed by atoms with Crippen LogP contribution in [0.25, 0.3) is 0 Å². The molecule has 1 heterocycles. The highest BCUT2D eigenvalue weighted by atomic mass is 32.2. The minimum Gasteiger partial charge on any atom is -0.395 e. The van der Waals surface area contributed by atoms with Gasteiger partial charge in [0.05, 0.1) is 12.6 Å². The summed E-state index contributed by atoms with van der Waals surface area (Å²) in [5, 5.41) is 8.65. The third-order valence-corrected chi connectivity index (χ3v) is 2.79. The zero-order valence-electron chi connectivity index (χ0n) is 6.32. The van der Waals surface area contributed by atoms with E-state index in [0.717, 1.165) is 18.1 Å². The molecule has 4 heteroatoms. The van der Waals surface area contributed by atoms with Crippen LogP contribution < -0.4 is 0 Å². The van der Waals surface area contributed by atoms with Crippen LogP contribution in [0.15, 0.2) is 0 Å². The summed E-state index contributed by atoms with van der Waals surface area (Å²) in [6, 6.07) is -0.0964. The molecule has 3 nitrogen and oxygen atoms in total. The minimum atomic E-state index is -0.0964. The zero-order valence-corrected chi connectivity index (χ0v) is 7.14. The molecule has 1 aliphatic rings. The summed E-state index contributed by atoms with van der Waals surface area (Å²) < 4.78 is 0. The fraction of sp³-hybridized carbons (Fsp3) is 0.857. The quantitative estimate of drug-likeness (QED) is 0.626. The molecule has 0 aliphatic carbocycles. The van der Waals surface area contributed by atoms with E-state index >= 15 is 0 Å². The largest absolute Gasteiger partial charge is 0.395 e. The van der Waals surface area contributed by atoms with Gasteiger partial charge in [-0.25, -0.2) is 0 Å². The lowest BCUT2D eigenvalue weighted by Crippen LogP contribution is -2.44. The summed E-state index contributed by atoms with van der Waals surface area (Å²) in [7, 11) is 0. The molecule has 1 N–H and O–H groups in total. The molecule has 1 unspecified atom stereocenters. The Kier molecular flexibility index (Phi) is 3.90. The Bertz CT molecular complexity index is 130. The summed E-state index contributed by atoms with van der Waals surface area (Å²) in [5.74, 6) is 1.88. The molecule has 0 aromatic rings. The van der Waals surface area contributed by atoms with Crippen LogP contribution in [0.1, 0.15) is 0 Å². The van der Waals surface area contributed by atoms with E-state index in [9.17, 15) is 4.79 Å². The van der Waals surface area contributed by atoms with Crippen molar-refractivity contribution in [2.24, 2.45) is 0 Å². The highest BCUT2D eigenvalue weighted by Crippen LogP contribution is 2.13. The lowest BCUT2D eigenvalue weighted by atomic mass is 10.3. The number of β-amino-alcohol motifs (C(OH)–C–C–N with tert-alkyl or cyclic N) is 1. The number of thioether (sulfide) groups is 1. The first-order chi connectivity index (χ1) is 5.38. The summed E-state index contributed by atoms with van der Waals surface area (Å²) in [5.41, 5.74) is 0. The van der Waals surface area contributed by atoms with Crippen LogP contribution in [-0.2, 0) is 4.79 Å². The standard InChI is InChI=1S/C7H12NO2S/c9-3-1-8-2-4-11-6-7(8)5-10/h7,9H,1-4,6H2. The number of carbonyl (C=O) groups excluding carboxylic acids is 1. The fourth-order valence-corrected chi connectivity index (χ4v) is 2.18. The first-order valence-electron chi connectivity index (χ1n) is 3.69. The van der Waals surface area contributed by atoms with Crippen molar-refractivity contribution >= 4 is 18.0 Å². The molecule has 0 saturated carbocycles. The lowest BCUT2D eigenvalue weighted by molar-refractivity contribution is 0.188. The van der Waals surface area contributed by atoms with E-state index in [1.165, 1.54) is 0 Å². The molecule has 0 aromatic heterocycles. The molecule has 1 rings (SSSR count). The maximum Gasteiger partial charge on any atom is 0.217 e. The predicted octanol–water partition coefficient (Wildman–Crippen LogP) is -0.494. The van der Waals surface area contributed by atoms with Gasteiger partial charge in [-0.2, -0.15) is 11.8 Å². The Labute approximate surface area is 70.8 Å². The SMILES string of the molecule is O=[C]C1CSCCN1CCO. The number of aliphatic hydroxyl groups is 1. The van der Waals surface area contributed by atoms with Gasteiger partial charge < -0.3 is 5.11 Å². The topological polar surface area (TPSA) is 40.5 Å². The number of aliphatic hydroxyl groups excluding tert-OH is 1. The van der Waals surface area contributed by atoms with Gasteiger partial charge in [0.25, 0.3) is 0 Å². The van der Waals surface area contributed by atoms with Gasteiger partial charge in [0.1, 0.15) is 0 Å². The summed E-state index contributed by atoms with van der Waals surface area (Å²) in [6.45, 7) is 1.62. The molecular formula is C7H12NO2S. The van der Waals surface area contributed by atoms with E-state index in [4.69, 9.17) is 5.11 Å². The molecule has 1 radical (unpaired) electrons. The van der Waals surface area contributed by atoms with Crippen LogP contribution in [0, 0.1) is 0 Å². The van der Waals surface area contributed by atoms with Crippen LogP contribution in [0.5, 0.6) is 0 Å². The molecule has 63 valence electrons. The van der Waals surface area contributed by atoms with Crippen LogP contribution in [0.4, 0.5) is 0 Å².